The fraction of sp³-hybridized carbons (Fsp3) is 1.00. The van der Waals surface area contributed by atoms with Crippen LogP contribution in [0.2, 0.25) is 0 Å². The van der Waals surface area contributed by atoms with Gasteiger partial charge in [-0.2, -0.15) is 0 Å². The summed E-state index contributed by atoms with van der Waals surface area (Å²) in [5.74, 6) is 0. The molecule has 92 valence electrons. The standard InChI is InChI=1S/C10H24NO3P/c1-5-10(11,6-2)9-15(12,13-7-3)14-8-4/h5-9,11H2,1-4H3. The van der Waals surface area contributed by atoms with Crippen LogP contribution >= 0.6 is 7.60 Å². The first-order valence-corrected chi connectivity index (χ1v) is 7.35. The Morgan fingerprint density at radius 1 is 1.07 bits per heavy atom. The zero-order valence-electron chi connectivity index (χ0n) is 10.3. The second kappa shape index (κ2) is 6.64. The van der Waals surface area contributed by atoms with Crippen LogP contribution in [0.4, 0.5) is 0 Å². The highest BCUT2D eigenvalue weighted by Crippen LogP contribution is 2.50. The molecule has 0 saturated carbocycles. The van der Waals surface area contributed by atoms with Gasteiger partial charge in [0.05, 0.1) is 19.4 Å². The lowest BCUT2D eigenvalue weighted by Crippen LogP contribution is -2.42. The summed E-state index contributed by atoms with van der Waals surface area (Å²) >= 11 is 0. The third kappa shape index (κ3) is 5.12. The quantitative estimate of drug-likeness (QED) is 0.659. The third-order valence-electron chi connectivity index (χ3n) is 2.57. The molecule has 0 unspecified atom stereocenters. The van der Waals surface area contributed by atoms with Crippen LogP contribution in [0.1, 0.15) is 40.5 Å². The van der Waals surface area contributed by atoms with E-state index in [1.165, 1.54) is 0 Å². The van der Waals surface area contributed by atoms with E-state index in [0.717, 1.165) is 12.8 Å². The molecule has 0 atom stereocenters. The van der Waals surface area contributed by atoms with Crippen molar-refractivity contribution >= 4 is 7.60 Å². The molecule has 0 radical (unpaired) electrons. The molecule has 5 heteroatoms. The van der Waals surface area contributed by atoms with E-state index in [-0.39, 0.29) is 0 Å². The Morgan fingerprint density at radius 2 is 1.47 bits per heavy atom. The number of rotatable bonds is 8. The second-order valence-electron chi connectivity index (χ2n) is 3.67. The summed E-state index contributed by atoms with van der Waals surface area (Å²) in [4.78, 5) is 0. The first-order valence-electron chi connectivity index (χ1n) is 5.62. The van der Waals surface area contributed by atoms with Gasteiger partial charge in [0, 0.05) is 5.54 Å². The van der Waals surface area contributed by atoms with Crippen molar-refractivity contribution < 1.29 is 13.6 Å². The zero-order chi connectivity index (χ0) is 11.9. The summed E-state index contributed by atoms with van der Waals surface area (Å²) in [7, 11) is -3.00. The van der Waals surface area contributed by atoms with Crippen molar-refractivity contribution in [2.75, 3.05) is 19.4 Å². The molecule has 15 heavy (non-hydrogen) atoms. The van der Waals surface area contributed by atoms with Gasteiger partial charge in [-0.05, 0) is 26.7 Å². The summed E-state index contributed by atoms with van der Waals surface area (Å²) < 4.78 is 22.7. The Morgan fingerprint density at radius 3 is 1.73 bits per heavy atom. The zero-order valence-corrected chi connectivity index (χ0v) is 11.2. The molecule has 0 fully saturated rings. The van der Waals surface area contributed by atoms with E-state index in [1.807, 2.05) is 27.7 Å². The Bertz CT molecular complexity index is 207. The van der Waals surface area contributed by atoms with Crippen LogP contribution in [0.15, 0.2) is 0 Å². The maximum absolute atomic E-state index is 12.2. The van der Waals surface area contributed by atoms with Crippen molar-refractivity contribution in [2.45, 2.75) is 46.1 Å². The molecule has 0 aliphatic rings. The molecular formula is C10H24NO3P. The molecule has 0 amide bonds. The fourth-order valence-corrected chi connectivity index (χ4v) is 3.64. The lowest BCUT2D eigenvalue weighted by Gasteiger charge is -2.30. The van der Waals surface area contributed by atoms with Crippen molar-refractivity contribution in [2.24, 2.45) is 5.73 Å². The molecule has 2 N–H and O–H groups in total. The number of nitrogens with two attached hydrogens (primary N) is 1. The summed E-state index contributed by atoms with van der Waals surface area (Å²) in [6, 6.07) is 0. The summed E-state index contributed by atoms with van der Waals surface area (Å²) in [5, 5.41) is 0. The van der Waals surface area contributed by atoms with Gasteiger partial charge in [0.2, 0.25) is 0 Å². The van der Waals surface area contributed by atoms with Gasteiger partial charge in [0.25, 0.3) is 0 Å². The van der Waals surface area contributed by atoms with E-state index >= 15 is 0 Å². The highest BCUT2D eigenvalue weighted by atomic mass is 31.2. The van der Waals surface area contributed by atoms with Gasteiger partial charge in [-0.15, -0.1) is 0 Å². The summed E-state index contributed by atoms with van der Waals surface area (Å²) in [6.45, 7) is 8.38. The fourth-order valence-electron chi connectivity index (χ4n) is 1.38. The molecule has 0 aliphatic heterocycles. The minimum Gasteiger partial charge on any atom is -0.325 e. The van der Waals surface area contributed by atoms with Crippen molar-refractivity contribution in [3.8, 4) is 0 Å². The molecule has 0 spiro atoms. The topological polar surface area (TPSA) is 61.5 Å². The highest BCUT2D eigenvalue weighted by Gasteiger charge is 2.34. The second-order valence-corrected chi connectivity index (χ2v) is 5.73. The highest BCUT2D eigenvalue weighted by molar-refractivity contribution is 7.53. The minimum absolute atomic E-state index is 0.300. The van der Waals surface area contributed by atoms with Gasteiger partial charge < -0.3 is 14.8 Å². The first kappa shape index (κ1) is 15.1. The average molecular weight is 237 g/mol. The third-order valence-corrected chi connectivity index (χ3v) is 4.89. The van der Waals surface area contributed by atoms with Gasteiger partial charge in [-0.25, -0.2) is 0 Å². The predicted molar refractivity (Wildman–Crippen MR) is 63.2 cm³/mol. The van der Waals surface area contributed by atoms with Crippen LogP contribution in [0.3, 0.4) is 0 Å². The molecule has 0 aliphatic carbocycles. The van der Waals surface area contributed by atoms with Crippen LogP contribution < -0.4 is 5.73 Å². The predicted octanol–water partition coefficient (Wildman–Crippen LogP) is 2.77. The van der Waals surface area contributed by atoms with Gasteiger partial charge in [0.15, 0.2) is 0 Å². The number of hydrogen-bond acceptors (Lipinski definition) is 4. The summed E-state index contributed by atoms with van der Waals surface area (Å²) in [6.07, 6.45) is 1.84. The lowest BCUT2D eigenvalue weighted by molar-refractivity contribution is 0.212. The van der Waals surface area contributed by atoms with Crippen LogP contribution in [0.5, 0.6) is 0 Å². The molecule has 4 nitrogen and oxygen atoms in total. The molecule has 0 aromatic heterocycles. The molecule has 0 heterocycles. The normalized spacial score (nSPS) is 13.1. The van der Waals surface area contributed by atoms with Crippen LogP contribution in [-0.4, -0.2) is 24.9 Å². The maximum Gasteiger partial charge on any atom is 0.332 e. The van der Waals surface area contributed by atoms with Gasteiger partial charge in [0.1, 0.15) is 0 Å². The smallest absolute Gasteiger partial charge is 0.325 e. The number of hydrogen-bond donors (Lipinski definition) is 1. The Kier molecular flexibility index (Phi) is 6.69. The lowest BCUT2D eigenvalue weighted by atomic mass is 9.97. The van der Waals surface area contributed by atoms with Crippen molar-refractivity contribution in [1.82, 2.24) is 0 Å². The molecule has 0 aromatic rings. The molecule has 0 bridgehead atoms. The van der Waals surface area contributed by atoms with Crippen LogP contribution in [0, 0.1) is 0 Å². The minimum atomic E-state index is -3.00. The van der Waals surface area contributed by atoms with E-state index in [1.54, 1.807) is 0 Å². The van der Waals surface area contributed by atoms with Gasteiger partial charge in [-0.3, -0.25) is 4.57 Å². The maximum atomic E-state index is 12.2. The van der Waals surface area contributed by atoms with Crippen molar-refractivity contribution in [3.63, 3.8) is 0 Å². The Hall–Kier alpha value is 0.110. The van der Waals surface area contributed by atoms with E-state index in [9.17, 15) is 4.57 Å². The molecule has 0 saturated heterocycles. The van der Waals surface area contributed by atoms with Gasteiger partial charge in [-0.1, -0.05) is 13.8 Å². The van der Waals surface area contributed by atoms with Crippen LogP contribution in [-0.2, 0) is 13.6 Å². The van der Waals surface area contributed by atoms with Gasteiger partial charge >= 0.3 is 7.60 Å². The SMILES string of the molecule is CCOP(=O)(CC(N)(CC)CC)OCC. The van der Waals surface area contributed by atoms with E-state index in [2.05, 4.69) is 0 Å². The molecule has 0 aromatic carbocycles. The monoisotopic (exact) mass is 237 g/mol. The van der Waals surface area contributed by atoms with E-state index in [0.29, 0.717) is 19.4 Å². The summed E-state index contributed by atoms with van der Waals surface area (Å²) in [5.41, 5.74) is 5.67. The Balaban J connectivity index is 4.58. The van der Waals surface area contributed by atoms with E-state index in [4.69, 9.17) is 14.8 Å². The first-order chi connectivity index (χ1) is 6.95. The largest absolute Gasteiger partial charge is 0.332 e. The van der Waals surface area contributed by atoms with Crippen molar-refractivity contribution in [1.29, 1.82) is 0 Å². The Labute approximate surface area is 93.1 Å². The molecular weight excluding hydrogens is 213 g/mol. The van der Waals surface area contributed by atoms with Crippen molar-refractivity contribution in [3.05, 3.63) is 0 Å². The van der Waals surface area contributed by atoms with E-state index < -0.39 is 13.1 Å². The molecule has 0 rings (SSSR count). The average Bonchev–Trinajstić information content (AvgIpc) is 2.18. The van der Waals surface area contributed by atoms with Crippen LogP contribution in [0.25, 0.3) is 0 Å².